The minimum Gasteiger partial charge on any atom is -0.357 e. The fraction of sp³-hybridized carbons (Fsp3) is 0.286. The normalized spacial score (nSPS) is 12.0. The number of nitrogens with zero attached hydrogens (tertiary/aromatic N) is 2. The molecule has 0 bridgehead atoms. The van der Waals surface area contributed by atoms with E-state index in [4.69, 9.17) is 11.6 Å². The Hall–Kier alpha value is -3.36. The predicted molar refractivity (Wildman–Crippen MR) is 147 cm³/mol. The fourth-order valence-electron chi connectivity index (χ4n) is 4.11. The number of anilines is 1. The standard InChI is InChI=1S/C28H32ClN3O4S/c1-5-25(28(34)30-4)31(18-22-14-16-23(29)17-15-22)27(33)19-32(26-13-9-10-20(2)21(26)3)37(35,36)24-11-7-6-8-12-24/h6-17,25H,5,18-19H2,1-4H3,(H,30,34)/t25-/m1/s1. The maximum Gasteiger partial charge on any atom is 0.264 e. The Morgan fingerprint density at radius 2 is 1.59 bits per heavy atom. The van der Waals surface area contributed by atoms with Crippen LogP contribution in [-0.4, -0.2) is 44.8 Å². The molecule has 3 rings (SSSR count). The summed E-state index contributed by atoms with van der Waals surface area (Å²) in [5.74, 6) is -0.820. The van der Waals surface area contributed by atoms with E-state index in [0.717, 1.165) is 21.0 Å². The number of hydrogen-bond donors (Lipinski definition) is 1. The largest absolute Gasteiger partial charge is 0.357 e. The highest BCUT2D eigenvalue weighted by molar-refractivity contribution is 7.92. The third kappa shape index (κ3) is 6.50. The summed E-state index contributed by atoms with van der Waals surface area (Å²) in [5.41, 5.74) is 2.83. The van der Waals surface area contributed by atoms with E-state index >= 15 is 0 Å². The van der Waals surface area contributed by atoms with Gasteiger partial charge < -0.3 is 10.2 Å². The van der Waals surface area contributed by atoms with Gasteiger partial charge in [0.05, 0.1) is 10.6 Å². The monoisotopic (exact) mass is 541 g/mol. The van der Waals surface area contributed by atoms with Crippen LogP contribution in [0.25, 0.3) is 0 Å². The molecule has 9 heteroatoms. The molecule has 196 valence electrons. The van der Waals surface area contributed by atoms with Crippen molar-refractivity contribution >= 4 is 39.1 Å². The lowest BCUT2D eigenvalue weighted by Gasteiger charge is -2.33. The Morgan fingerprint density at radius 1 is 0.946 bits per heavy atom. The molecule has 0 heterocycles. The smallest absolute Gasteiger partial charge is 0.264 e. The third-order valence-corrected chi connectivity index (χ3v) is 8.38. The minimum atomic E-state index is -4.09. The predicted octanol–water partition coefficient (Wildman–Crippen LogP) is 4.71. The Balaban J connectivity index is 2.09. The summed E-state index contributed by atoms with van der Waals surface area (Å²) in [6.45, 7) is 5.18. The zero-order valence-electron chi connectivity index (χ0n) is 21.4. The Bertz CT molecular complexity index is 1350. The van der Waals surface area contributed by atoms with Gasteiger partial charge in [0, 0.05) is 18.6 Å². The first kappa shape index (κ1) is 28.2. The number of hydrogen-bond acceptors (Lipinski definition) is 4. The van der Waals surface area contributed by atoms with Crippen molar-refractivity contribution in [3.63, 3.8) is 0 Å². The average Bonchev–Trinajstić information content (AvgIpc) is 2.90. The number of amides is 2. The molecule has 0 fully saturated rings. The highest BCUT2D eigenvalue weighted by Gasteiger charge is 2.34. The van der Waals surface area contributed by atoms with E-state index < -0.39 is 28.5 Å². The van der Waals surface area contributed by atoms with Crippen LogP contribution in [0.5, 0.6) is 0 Å². The number of sulfonamides is 1. The van der Waals surface area contributed by atoms with Gasteiger partial charge in [0.1, 0.15) is 12.6 Å². The summed E-state index contributed by atoms with van der Waals surface area (Å²) >= 11 is 6.03. The molecule has 1 N–H and O–H groups in total. The van der Waals surface area contributed by atoms with E-state index in [-0.39, 0.29) is 17.3 Å². The molecule has 3 aromatic rings. The topological polar surface area (TPSA) is 86.8 Å². The summed E-state index contributed by atoms with van der Waals surface area (Å²) in [4.78, 5) is 28.2. The Labute approximate surface area is 224 Å². The molecular formula is C28H32ClN3O4S. The molecule has 0 aliphatic carbocycles. The number of rotatable bonds is 10. The second-order valence-corrected chi connectivity index (χ2v) is 11.0. The van der Waals surface area contributed by atoms with Crippen molar-refractivity contribution in [1.82, 2.24) is 10.2 Å². The molecule has 7 nitrogen and oxygen atoms in total. The van der Waals surface area contributed by atoms with Crippen LogP contribution in [0, 0.1) is 13.8 Å². The summed E-state index contributed by atoms with van der Waals surface area (Å²) in [6, 6.07) is 19.6. The Kier molecular flexibility index (Phi) is 9.34. The summed E-state index contributed by atoms with van der Waals surface area (Å²) < 4.78 is 28.8. The molecule has 1 atom stereocenters. The number of halogens is 1. The van der Waals surface area contributed by atoms with Crippen LogP contribution < -0.4 is 9.62 Å². The van der Waals surface area contributed by atoms with Gasteiger partial charge in [0.15, 0.2) is 0 Å². The van der Waals surface area contributed by atoms with E-state index in [0.29, 0.717) is 17.1 Å². The molecule has 0 aromatic heterocycles. The van der Waals surface area contributed by atoms with Crippen molar-refractivity contribution in [3.05, 3.63) is 94.5 Å². The summed E-state index contributed by atoms with van der Waals surface area (Å²) in [7, 11) is -2.58. The fourth-order valence-corrected chi connectivity index (χ4v) is 5.73. The van der Waals surface area contributed by atoms with E-state index in [1.807, 2.05) is 26.8 Å². The molecule has 0 saturated heterocycles. The van der Waals surface area contributed by atoms with Crippen molar-refractivity contribution in [2.45, 2.75) is 44.7 Å². The van der Waals surface area contributed by atoms with Gasteiger partial charge in [-0.05, 0) is 67.3 Å². The first-order chi connectivity index (χ1) is 17.6. The number of aryl methyl sites for hydroxylation is 1. The van der Waals surface area contributed by atoms with Crippen molar-refractivity contribution in [2.75, 3.05) is 17.9 Å². The number of carbonyl (C=O) groups excluding carboxylic acids is 2. The van der Waals surface area contributed by atoms with E-state index in [9.17, 15) is 18.0 Å². The minimum absolute atomic E-state index is 0.0753. The molecule has 0 aliphatic heterocycles. The molecule has 0 radical (unpaired) electrons. The van der Waals surface area contributed by atoms with Crippen LogP contribution in [0.2, 0.25) is 5.02 Å². The lowest BCUT2D eigenvalue weighted by molar-refractivity contribution is -0.140. The molecule has 0 saturated carbocycles. The van der Waals surface area contributed by atoms with Crippen LogP contribution in [0.3, 0.4) is 0 Å². The summed E-state index contributed by atoms with van der Waals surface area (Å²) in [6.07, 6.45) is 0.355. The van der Waals surface area contributed by atoms with Gasteiger partial charge in [-0.15, -0.1) is 0 Å². The van der Waals surface area contributed by atoms with Crippen LogP contribution in [0.1, 0.15) is 30.0 Å². The van der Waals surface area contributed by atoms with Gasteiger partial charge in [0.2, 0.25) is 11.8 Å². The molecule has 0 aliphatic rings. The van der Waals surface area contributed by atoms with Gasteiger partial charge in [-0.1, -0.05) is 61.0 Å². The van der Waals surface area contributed by atoms with Gasteiger partial charge in [-0.3, -0.25) is 13.9 Å². The lowest BCUT2D eigenvalue weighted by Crippen LogP contribution is -2.51. The SMILES string of the molecule is CC[C@H](C(=O)NC)N(Cc1ccc(Cl)cc1)C(=O)CN(c1cccc(C)c1C)S(=O)(=O)c1ccccc1. The quantitative estimate of drug-likeness (QED) is 0.403. The van der Waals surface area contributed by atoms with Crippen molar-refractivity contribution in [1.29, 1.82) is 0 Å². The van der Waals surface area contributed by atoms with Crippen molar-refractivity contribution in [3.8, 4) is 0 Å². The highest BCUT2D eigenvalue weighted by Crippen LogP contribution is 2.29. The van der Waals surface area contributed by atoms with Gasteiger partial charge in [-0.25, -0.2) is 8.42 Å². The number of carbonyl (C=O) groups is 2. The first-order valence-corrected chi connectivity index (χ1v) is 13.8. The molecule has 0 spiro atoms. The second kappa shape index (κ2) is 12.3. The number of benzene rings is 3. The van der Waals surface area contributed by atoms with Crippen LogP contribution in [-0.2, 0) is 26.2 Å². The number of nitrogens with one attached hydrogen (secondary N) is 1. The zero-order chi connectivity index (χ0) is 27.2. The Morgan fingerprint density at radius 3 is 2.19 bits per heavy atom. The molecular weight excluding hydrogens is 510 g/mol. The maximum atomic E-state index is 13.9. The summed E-state index contributed by atoms with van der Waals surface area (Å²) in [5, 5.41) is 3.17. The highest BCUT2D eigenvalue weighted by atomic mass is 35.5. The van der Waals surface area contributed by atoms with Crippen molar-refractivity contribution in [2.24, 2.45) is 0 Å². The maximum absolute atomic E-state index is 13.9. The lowest BCUT2D eigenvalue weighted by atomic mass is 10.1. The zero-order valence-corrected chi connectivity index (χ0v) is 23.0. The van der Waals surface area contributed by atoms with Crippen molar-refractivity contribution < 1.29 is 18.0 Å². The van der Waals surface area contributed by atoms with Gasteiger partial charge in [0.25, 0.3) is 10.0 Å². The van der Waals surface area contributed by atoms with E-state index in [2.05, 4.69) is 5.32 Å². The second-order valence-electron chi connectivity index (χ2n) is 8.73. The average molecular weight is 542 g/mol. The third-order valence-electron chi connectivity index (χ3n) is 6.35. The van der Waals surface area contributed by atoms with E-state index in [1.54, 1.807) is 54.6 Å². The molecule has 37 heavy (non-hydrogen) atoms. The number of likely N-dealkylation sites (N-methyl/N-ethyl adjacent to an activating group) is 1. The van der Waals surface area contributed by atoms with Crippen LogP contribution in [0.15, 0.2) is 77.7 Å². The van der Waals surface area contributed by atoms with Gasteiger partial charge in [-0.2, -0.15) is 0 Å². The molecule has 2 amide bonds. The van der Waals surface area contributed by atoms with Gasteiger partial charge >= 0.3 is 0 Å². The van der Waals surface area contributed by atoms with E-state index in [1.165, 1.54) is 24.1 Å². The van der Waals surface area contributed by atoms with Crippen LogP contribution in [0.4, 0.5) is 5.69 Å². The molecule has 3 aromatic carbocycles. The molecule has 0 unspecified atom stereocenters. The first-order valence-electron chi connectivity index (χ1n) is 12.0. The van der Waals surface area contributed by atoms with Crippen LogP contribution >= 0.6 is 11.6 Å².